The van der Waals surface area contributed by atoms with E-state index in [2.05, 4.69) is 0 Å². The molecular formula is C12H16Cl2N3O+. The molecule has 0 aliphatic heterocycles. The van der Waals surface area contributed by atoms with Gasteiger partial charge >= 0.3 is 6.03 Å². The largest absolute Gasteiger partial charge is 0.415 e. The molecule has 0 atom stereocenters. The van der Waals surface area contributed by atoms with Gasteiger partial charge in [0, 0.05) is 20.2 Å². The lowest BCUT2D eigenvalue weighted by Gasteiger charge is -2.16. The van der Waals surface area contributed by atoms with Crippen molar-refractivity contribution in [1.29, 1.82) is 0 Å². The van der Waals surface area contributed by atoms with Crippen LogP contribution in [0.2, 0.25) is 10.0 Å². The summed E-state index contributed by atoms with van der Waals surface area (Å²) in [7, 11) is 7.06. The Kier molecular flexibility index (Phi) is 4.99. The van der Waals surface area contributed by atoms with Crippen LogP contribution in [0.1, 0.15) is 0 Å². The van der Waals surface area contributed by atoms with Crippen molar-refractivity contribution in [3.63, 3.8) is 0 Å². The molecule has 0 saturated carbocycles. The summed E-state index contributed by atoms with van der Waals surface area (Å²) in [5.41, 5.74) is 0.664. The first-order chi connectivity index (χ1) is 8.32. The van der Waals surface area contributed by atoms with Crippen molar-refractivity contribution >= 4 is 41.3 Å². The van der Waals surface area contributed by atoms with Gasteiger partial charge in [-0.05, 0) is 12.1 Å². The Bertz CT molecular complexity index is 482. The number of amides is 2. The standard InChI is InChI=1S/C12H16Cl2N3O/c1-15(2)8-17(12(18)16(3)4)9-5-6-10(13)11(14)7-9/h5-8H,1-4H3/q+1. The minimum atomic E-state index is -0.165. The normalized spacial score (nSPS) is 9.89. The summed E-state index contributed by atoms with van der Waals surface area (Å²) >= 11 is 11.8. The van der Waals surface area contributed by atoms with E-state index in [4.69, 9.17) is 23.2 Å². The first kappa shape index (κ1) is 14.8. The molecular weight excluding hydrogens is 273 g/mol. The first-order valence-corrected chi connectivity index (χ1v) is 6.05. The molecule has 0 aliphatic rings. The molecule has 0 spiro atoms. The highest BCUT2D eigenvalue weighted by molar-refractivity contribution is 6.42. The first-order valence-electron chi connectivity index (χ1n) is 5.30. The van der Waals surface area contributed by atoms with Crippen molar-refractivity contribution in [2.45, 2.75) is 0 Å². The number of carbonyl (C=O) groups excluding carboxylic acids is 1. The van der Waals surface area contributed by atoms with Gasteiger partial charge in [-0.3, -0.25) is 4.58 Å². The van der Waals surface area contributed by atoms with Crippen LogP contribution in [0.3, 0.4) is 0 Å². The number of carbonyl (C=O) groups is 1. The molecule has 0 saturated heterocycles. The maximum atomic E-state index is 12.1. The third-order valence-electron chi connectivity index (χ3n) is 2.12. The highest BCUT2D eigenvalue weighted by Crippen LogP contribution is 2.27. The Labute approximate surface area is 117 Å². The van der Waals surface area contributed by atoms with E-state index < -0.39 is 0 Å². The minimum absolute atomic E-state index is 0.165. The number of halogens is 2. The fourth-order valence-electron chi connectivity index (χ4n) is 1.31. The van der Waals surface area contributed by atoms with Gasteiger partial charge in [0.05, 0.1) is 24.1 Å². The van der Waals surface area contributed by atoms with E-state index in [0.717, 1.165) is 0 Å². The molecule has 0 aromatic heterocycles. The van der Waals surface area contributed by atoms with Crippen molar-refractivity contribution in [3.05, 3.63) is 28.2 Å². The Morgan fingerprint density at radius 2 is 1.83 bits per heavy atom. The number of hydrogen-bond donors (Lipinski definition) is 0. The van der Waals surface area contributed by atoms with Crippen LogP contribution in [0.4, 0.5) is 10.5 Å². The van der Waals surface area contributed by atoms with Gasteiger partial charge in [-0.1, -0.05) is 23.2 Å². The summed E-state index contributed by atoms with van der Waals surface area (Å²) in [4.78, 5) is 15.1. The zero-order valence-corrected chi connectivity index (χ0v) is 12.3. The van der Waals surface area contributed by atoms with Gasteiger partial charge in [0.25, 0.3) is 0 Å². The van der Waals surface area contributed by atoms with Crippen LogP contribution < -0.4 is 4.90 Å². The number of benzene rings is 1. The number of urea groups is 1. The Balaban J connectivity index is 3.21. The van der Waals surface area contributed by atoms with Gasteiger partial charge in [0.1, 0.15) is 5.69 Å². The second-order valence-corrected chi connectivity index (χ2v) is 5.04. The van der Waals surface area contributed by atoms with Crippen LogP contribution in [0, 0.1) is 0 Å². The lowest BCUT2D eigenvalue weighted by Crippen LogP contribution is -2.40. The molecule has 6 heteroatoms. The monoisotopic (exact) mass is 288 g/mol. The fraction of sp³-hybridized carbons (Fsp3) is 0.333. The number of anilines is 1. The highest BCUT2D eigenvalue weighted by Gasteiger charge is 2.24. The summed E-state index contributed by atoms with van der Waals surface area (Å²) < 4.78 is 1.78. The summed E-state index contributed by atoms with van der Waals surface area (Å²) in [6.45, 7) is 0. The zero-order valence-electron chi connectivity index (χ0n) is 10.8. The van der Waals surface area contributed by atoms with Gasteiger partial charge < -0.3 is 4.90 Å². The third kappa shape index (κ3) is 3.62. The quantitative estimate of drug-likeness (QED) is 0.467. The lowest BCUT2D eigenvalue weighted by molar-refractivity contribution is -0.460. The van der Waals surface area contributed by atoms with Crippen molar-refractivity contribution in [2.75, 3.05) is 33.1 Å². The number of rotatable bonds is 2. The van der Waals surface area contributed by atoms with Crippen molar-refractivity contribution < 1.29 is 9.37 Å². The van der Waals surface area contributed by atoms with Crippen LogP contribution in [0.25, 0.3) is 0 Å². The molecule has 0 bridgehead atoms. The molecule has 0 aliphatic carbocycles. The molecule has 1 rings (SSSR count). The van der Waals surface area contributed by atoms with Crippen LogP contribution in [0.5, 0.6) is 0 Å². The molecule has 1 aromatic carbocycles. The molecule has 98 valence electrons. The summed E-state index contributed by atoms with van der Waals surface area (Å²) in [5.74, 6) is 0. The summed E-state index contributed by atoms with van der Waals surface area (Å²) in [6.07, 6.45) is 1.68. The summed E-state index contributed by atoms with van der Waals surface area (Å²) in [6, 6.07) is 4.90. The van der Waals surface area contributed by atoms with E-state index in [9.17, 15) is 4.79 Å². The second kappa shape index (κ2) is 6.07. The molecule has 18 heavy (non-hydrogen) atoms. The van der Waals surface area contributed by atoms with Crippen LogP contribution in [0.15, 0.2) is 18.2 Å². The van der Waals surface area contributed by atoms with Gasteiger partial charge in [-0.2, -0.15) is 0 Å². The molecule has 0 N–H and O–H groups in total. The molecule has 2 amide bonds. The highest BCUT2D eigenvalue weighted by atomic mass is 35.5. The Morgan fingerprint density at radius 1 is 1.22 bits per heavy atom. The maximum absolute atomic E-state index is 12.1. The molecule has 4 nitrogen and oxygen atoms in total. The van der Waals surface area contributed by atoms with E-state index >= 15 is 0 Å². The van der Waals surface area contributed by atoms with Gasteiger partial charge in [0.15, 0.2) is 0 Å². The number of hydrogen-bond acceptors (Lipinski definition) is 1. The van der Waals surface area contributed by atoms with Crippen LogP contribution >= 0.6 is 23.2 Å². The predicted octanol–water partition coefficient (Wildman–Crippen LogP) is 2.78. The smallest absolute Gasteiger partial charge is 0.310 e. The topological polar surface area (TPSA) is 26.6 Å². The Morgan fingerprint density at radius 3 is 2.28 bits per heavy atom. The van der Waals surface area contributed by atoms with Crippen LogP contribution in [-0.4, -0.2) is 50.0 Å². The van der Waals surface area contributed by atoms with E-state index in [1.165, 1.54) is 9.80 Å². The predicted molar refractivity (Wildman–Crippen MR) is 76.2 cm³/mol. The molecule has 1 aromatic rings. The minimum Gasteiger partial charge on any atom is -0.310 e. The van der Waals surface area contributed by atoms with E-state index in [1.807, 2.05) is 14.1 Å². The number of nitrogens with zero attached hydrogens (tertiary/aromatic N) is 3. The molecule has 0 radical (unpaired) electrons. The zero-order chi connectivity index (χ0) is 13.9. The fourth-order valence-corrected chi connectivity index (χ4v) is 1.60. The average molecular weight is 289 g/mol. The lowest BCUT2D eigenvalue weighted by atomic mass is 10.3. The summed E-state index contributed by atoms with van der Waals surface area (Å²) in [5, 5.41) is 0.875. The second-order valence-electron chi connectivity index (χ2n) is 4.22. The molecule has 0 heterocycles. The van der Waals surface area contributed by atoms with Crippen molar-refractivity contribution in [1.82, 2.24) is 4.90 Å². The maximum Gasteiger partial charge on any atom is 0.415 e. The van der Waals surface area contributed by atoms with E-state index in [-0.39, 0.29) is 6.03 Å². The van der Waals surface area contributed by atoms with Gasteiger partial charge in [0.2, 0.25) is 6.34 Å². The molecule has 0 fully saturated rings. The van der Waals surface area contributed by atoms with E-state index in [1.54, 1.807) is 43.2 Å². The van der Waals surface area contributed by atoms with Crippen molar-refractivity contribution in [2.24, 2.45) is 0 Å². The average Bonchev–Trinajstić information content (AvgIpc) is 2.28. The van der Waals surface area contributed by atoms with Crippen LogP contribution in [-0.2, 0) is 0 Å². The Hall–Kier alpha value is -1.26. The van der Waals surface area contributed by atoms with Crippen molar-refractivity contribution in [3.8, 4) is 0 Å². The van der Waals surface area contributed by atoms with Gasteiger partial charge in [-0.25, -0.2) is 4.79 Å². The SMILES string of the molecule is CN(C)C(=O)N(C=[N+](C)C)c1ccc(Cl)c(Cl)c1. The molecule has 0 unspecified atom stereocenters. The van der Waals surface area contributed by atoms with E-state index in [0.29, 0.717) is 15.7 Å². The van der Waals surface area contributed by atoms with Gasteiger partial charge in [-0.15, -0.1) is 4.90 Å². The third-order valence-corrected chi connectivity index (χ3v) is 2.86.